The van der Waals surface area contributed by atoms with Crippen LogP contribution in [0.5, 0.6) is 0 Å². The molecule has 0 spiro atoms. The van der Waals surface area contributed by atoms with Crippen molar-refractivity contribution in [3.8, 4) is 0 Å². The number of aromatic nitrogens is 1. The molecule has 1 rings (SSSR count). The molecule has 1 aromatic rings. The third-order valence-electron chi connectivity index (χ3n) is 1.91. The van der Waals surface area contributed by atoms with Crippen molar-refractivity contribution in [2.75, 3.05) is 0 Å². The summed E-state index contributed by atoms with van der Waals surface area (Å²) in [6, 6.07) is 5.72. The van der Waals surface area contributed by atoms with Gasteiger partial charge in [-0.2, -0.15) is 0 Å². The number of pyridine rings is 1. The molecule has 1 aromatic heterocycles. The van der Waals surface area contributed by atoms with E-state index in [2.05, 4.69) is 95.8 Å². The van der Waals surface area contributed by atoms with E-state index < -0.39 is 16.5 Å². The van der Waals surface area contributed by atoms with Crippen LogP contribution in [0.15, 0.2) is 30.6 Å². The molecule has 0 aliphatic carbocycles. The van der Waals surface area contributed by atoms with E-state index in [4.69, 9.17) is 0 Å². The van der Waals surface area contributed by atoms with Crippen LogP contribution in [0.1, 0.15) is 41.5 Å². The molecule has 0 unspecified atom stereocenters. The second kappa shape index (κ2) is 12.4. The van der Waals surface area contributed by atoms with Crippen molar-refractivity contribution in [1.82, 2.24) is 4.98 Å². The first kappa shape index (κ1) is 29.8. The molecule has 0 saturated carbocycles. The summed E-state index contributed by atoms with van der Waals surface area (Å²) < 4.78 is 0. The molecule has 3 nitrogen and oxygen atoms in total. The van der Waals surface area contributed by atoms with Crippen LogP contribution in [0.25, 0.3) is 9.96 Å². The number of rotatable bonds is 2. The Labute approximate surface area is 170 Å². The van der Waals surface area contributed by atoms with Gasteiger partial charge in [0.25, 0.3) is 0 Å². The van der Waals surface area contributed by atoms with Gasteiger partial charge in [0.2, 0.25) is 0 Å². The van der Waals surface area contributed by atoms with Gasteiger partial charge in [-0.15, -0.1) is 11.1 Å². The molecule has 0 amide bonds. The summed E-state index contributed by atoms with van der Waals surface area (Å²) in [4.78, 5) is 13.1. The molecule has 0 fully saturated rings. The standard InChI is InChI=1S/2C7H18NSi.C5H5N.Co/c2*1-7(2,3)8-9(4,5)6;1-2-4-6-5-3-1;/h2*1-6H3;1-5H;/q2*-1;;+2. The Morgan fingerprint density at radius 3 is 0.920 bits per heavy atom. The predicted octanol–water partition coefficient (Wildman–Crippen LogP) is 7.07. The van der Waals surface area contributed by atoms with E-state index in [-0.39, 0.29) is 27.9 Å². The summed E-state index contributed by atoms with van der Waals surface area (Å²) in [5.41, 5.74) is 0.342. The van der Waals surface area contributed by atoms with Gasteiger partial charge in [-0.25, -0.2) is 0 Å². The third-order valence-corrected chi connectivity index (χ3v) is 4.59. The maximum absolute atomic E-state index is 4.68. The van der Waals surface area contributed by atoms with Crippen LogP contribution in [-0.4, -0.2) is 32.5 Å². The van der Waals surface area contributed by atoms with Gasteiger partial charge in [0.05, 0.1) is 0 Å². The zero-order chi connectivity index (χ0) is 19.7. The summed E-state index contributed by atoms with van der Waals surface area (Å²) >= 11 is 0. The first-order valence-corrected chi connectivity index (χ1v) is 15.6. The van der Waals surface area contributed by atoms with Gasteiger partial charge >= 0.3 is 16.8 Å². The van der Waals surface area contributed by atoms with Crippen molar-refractivity contribution in [1.29, 1.82) is 0 Å². The van der Waals surface area contributed by atoms with Crippen LogP contribution in [-0.2, 0) is 16.8 Å². The topological polar surface area (TPSA) is 41.1 Å². The monoisotopic (exact) mass is 426 g/mol. The Morgan fingerprint density at radius 1 is 0.600 bits per heavy atom. The number of hydrogen-bond acceptors (Lipinski definition) is 1. The van der Waals surface area contributed by atoms with Crippen molar-refractivity contribution >= 4 is 16.5 Å². The molecule has 1 radical (unpaired) electrons. The summed E-state index contributed by atoms with van der Waals surface area (Å²) in [7, 11) is -2.34. The van der Waals surface area contributed by atoms with Gasteiger partial charge in [0.1, 0.15) is 0 Å². The Bertz CT molecular complexity index is 337. The molecule has 25 heavy (non-hydrogen) atoms. The maximum atomic E-state index is 4.68. The maximum Gasteiger partial charge on any atom is 2.00 e. The second-order valence-electron chi connectivity index (χ2n) is 9.93. The average molecular weight is 427 g/mol. The van der Waals surface area contributed by atoms with Crippen LogP contribution in [0.2, 0.25) is 39.3 Å². The van der Waals surface area contributed by atoms with E-state index >= 15 is 0 Å². The minimum atomic E-state index is -1.17. The fraction of sp³-hybridized carbons (Fsp3) is 0.737. The smallest absolute Gasteiger partial charge is 0.660 e. The molecular formula is C19H41CoN3Si2. The Hall–Kier alpha value is 0.0103. The fourth-order valence-corrected chi connectivity index (χ4v) is 6.35. The molecule has 0 aliphatic heterocycles. The zero-order valence-electron chi connectivity index (χ0n) is 18.6. The molecule has 1 heterocycles. The average Bonchev–Trinajstić information content (AvgIpc) is 2.22. The normalized spacial score (nSPS) is 12.0. The summed E-state index contributed by atoms with van der Waals surface area (Å²) in [6.07, 6.45) is 3.50. The predicted molar refractivity (Wildman–Crippen MR) is 117 cm³/mol. The molecule has 0 aliphatic rings. The Balaban J connectivity index is -0.000000289. The molecule has 0 N–H and O–H groups in total. The van der Waals surface area contributed by atoms with E-state index in [0.29, 0.717) is 0 Å². The zero-order valence-corrected chi connectivity index (χ0v) is 21.6. The van der Waals surface area contributed by atoms with Gasteiger partial charge < -0.3 is 9.96 Å². The number of hydrogen-bond donors (Lipinski definition) is 0. The van der Waals surface area contributed by atoms with Crippen LogP contribution >= 0.6 is 0 Å². The van der Waals surface area contributed by atoms with Crippen LogP contribution in [0.4, 0.5) is 0 Å². The van der Waals surface area contributed by atoms with E-state index in [9.17, 15) is 0 Å². The summed E-state index contributed by atoms with van der Waals surface area (Å²) in [5.74, 6) is 0. The van der Waals surface area contributed by atoms with Gasteiger partial charge in [0, 0.05) is 12.4 Å². The van der Waals surface area contributed by atoms with Gasteiger partial charge in [-0.1, -0.05) is 103 Å². The quantitative estimate of drug-likeness (QED) is 0.466. The molecule has 6 heteroatoms. The second-order valence-corrected chi connectivity index (χ2v) is 19.1. The van der Waals surface area contributed by atoms with Crippen LogP contribution in [0.3, 0.4) is 0 Å². The third kappa shape index (κ3) is 35.9. The molecular weight excluding hydrogens is 385 g/mol. The minimum Gasteiger partial charge on any atom is -0.660 e. The van der Waals surface area contributed by atoms with E-state index in [1.165, 1.54) is 0 Å². The molecule has 0 saturated heterocycles. The van der Waals surface area contributed by atoms with Gasteiger partial charge in [0.15, 0.2) is 0 Å². The first-order valence-electron chi connectivity index (χ1n) is 8.74. The van der Waals surface area contributed by atoms with E-state index in [1.807, 2.05) is 18.2 Å². The van der Waals surface area contributed by atoms with Crippen molar-refractivity contribution in [2.45, 2.75) is 91.9 Å². The molecule has 0 atom stereocenters. The Kier molecular flexibility index (Phi) is 14.8. The molecule has 0 aromatic carbocycles. The SMILES string of the molecule is CC(C)(C)[N-][Si](C)(C)C.CC(C)(C)[N-][Si](C)(C)C.[Co+2].c1ccncc1. The van der Waals surface area contributed by atoms with E-state index in [0.717, 1.165) is 0 Å². The summed E-state index contributed by atoms with van der Waals surface area (Å²) in [5, 5.41) is 0. The first-order chi connectivity index (χ1) is 10.4. The number of nitrogens with zero attached hydrogens (tertiary/aromatic N) is 3. The van der Waals surface area contributed by atoms with E-state index in [1.54, 1.807) is 12.4 Å². The summed E-state index contributed by atoms with van der Waals surface area (Å²) in [6.45, 7) is 26.5. The van der Waals surface area contributed by atoms with Crippen molar-refractivity contribution < 1.29 is 16.8 Å². The van der Waals surface area contributed by atoms with Gasteiger partial charge in [-0.3, -0.25) is 4.98 Å². The fourth-order valence-electron chi connectivity index (χ4n) is 2.33. The van der Waals surface area contributed by atoms with Crippen molar-refractivity contribution in [3.63, 3.8) is 0 Å². The molecule has 149 valence electrons. The molecule has 0 bridgehead atoms. The van der Waals surface area contributed by atoms with Crippen molar-refractivity contribution in [3.05, 3.63) is 40.6 Å². The van der Waals surface area contributed by atoms with Crippen LogP contribution in [0, 0.1) is 0 Å². The minimum absolute atomic E-state index is 0. The Morgan fingerprint density at radius 2 is 0.880 bits per heavy atom. The van der Waals surface area contributed by atoms with Gasteiger partial charge in [-0.05, 0) is 12.1 Å². The van der Waals surface area contributed by atoms with Crippen molar-refractivity contribution in [2.24, 2.45) is 0 Å². The van der Waals surface area contributed by atoms with Crippen LogP contribution < -0.4 is 0 Å². The largest absolute Gasteiger partial charge is 2.00 e.